The minimum absolute atomic E-state index is 0.655. The number of rotatable bonds is 3. The first-order valence-electron chi connectivity index (χ1n) is 5.83. The molecule has 92 valence electrons. The molecule has 0 amide bonds. The lowest BCUT2D eigenvalue weighted by atomic mass is 10.1. The Hall–Kier alpha value is -1.71. The van der Waals surface area contributed by atoms with Gasteiger partial charge in [0.2, 0.25) is 0 Å². The molecule has 1 aliphatic rings. The summed E-state index contributed by atoms with van der Waals surface area (Å²) in [5, 5.41) is 8.01. The molecule has 0 aromatic heterocycles. The third-order valence-corrected chi connectivity index (χ3v) is 3.05. The van der Waals surface area contributed by atoms with Crippen LogP contribution in [-0.4, -0.2) is 26.6 Å². The number of nitrogens with zero attached hydrogens (tertiary/aromatic N) is 1. The molecule has 1 N–H and O–H groups in total. The molecular formula is C13H18N2O2. The third-order valence-electron chi connectivity index (χ3n) is 3.05. The van der Waals surface area contributed by atoms with E-state index in [1.54, 1.807) is 14.2 Å². The summed E-state index contributed by atoms with van der Waals surface area (Å²) in [6.45, 7) is 0.877. The van der Waals surface area contributed by atoms with Crippen LogP contribution in [0, 0.1) is 5.41 Å². The predicted molar refractivity (Wildman–Crippen MR) is 68.5 cm³/mol. The van der Waals surface area contributed by atoms with E-state index < -0.39 is 0 Å². The van der Waals surface area contributed by atoms with E-state index in [4.69, 9.17) is 14.9 Å². The molecule has 0 bridgehead atoms. The molecule has 0 unspecified atom stereocenters. The Labute approximate surface area is 102 Å². The highest BCUT2D eigenvalue weighted by Crippen LogP contribution is 2.34. The summed E-state index contributed by atoms with van der Waals surface area (Å²) in [7, 11) is 3.30. The average molecular weight is 234 g/mol. The van der Waals surface area contributed by atoms with E-state index in [-0.39, 0.29) is 0 Å². The number of nitrogens with one attached hydrogen (secondary N) is 1. The second-order valence-electron chi connectivity index (χ2n) is 4.09. The fraction of sp³-hybridized carbons (Fsp3) is 0.462. The number of piperidine rings is 1. The molecule has 0 aliphatic carbocycles. The maximum atomic E-state index is 8.01. The smallest absolute Gasteiger partial charge is 0.142 e. The monoisotopic (exact) mass is 234 g/mol. The van der Waals surface area contributed by atoms with Crippen LogP contribution < -0.4 is 14.4 Å². The van der Waals surface area contributed by atoms with Crippen molar-refractivity contribution in [3.63, 3.8) is 0 Å². The zero-order chi connectivity index (χ0) is 12.3. The van der Waals surface area contributed by atoms with Gasteiger partial charge >= 0.3 is 0 Å². The average Bonchev–Trinajstić information content (AvgIpc) is 2.38. The molecule has 1 heterocycles. The number of methoxy groups -OCH3 is 2. The van der Waals surface area contributed by atoms with E-state index >= 15 is 0 Å². The summed E-state index contributed by atoms with van der Waals surface area (Å²) in [5.41, 5.74) is 0.927. The highest BCUT2D eigenvalue weighted by atomic mass is 16.5. The van der Waals surface area contributed by atoms with Gasteiger partial charge in [-0.15, -0.1) is 0 Å². The molecule has 1 saturated heterocycles. The van der Waals surface area contributed by atoms with Crippen molar-refractivity contribution in [3.8, 4) is 11.5 Å². The van der Waals surface area contributed by atoms with Crippen molar-refractivity contribution in [3.05, 3.63) is 18.2 Å². The van der Waals surface area contributed by atoms with Crippen molar-refractivity contribution in [2.75, 3.05) is 25.7 Å². The van der Waals surface area contributed by atoms with E-state index in [1.165, 1.54) is 0 Å². The Kier molecular flexibility index (Phi) is 3.52. The van der Waals surface area contributed by atoms with Crippen molar-refractivity contribution >= 4 is 11.5 Å². The first-order chi connectivity index (χ1) is 8.26. The molecule has 17 heavy (non-hydrogen) atoms. The molecule has 1 aromatic carbocycles. The lowest BCUT2D eigenvalue weighted by molar-refractivity contribution is 0.403. The zero-order valence-electron chi connectivity index (χ0n) is 10.3. The Bertz CT molecular complexity index is 418. The number of ether oxygens (including phenoxy) is 2. The second-order valence-corrected chi connectivity index (χ2v) is 4.09. The van der Waals surface area contributed by atoms with Gasteiger partial charge in [0.15, 0.2) is 0 Å². The number of hydrogen-bond donors (Lipinski definition) is 1. The summed E-state index contributed by atoms with van der Waals surface area (Å²) in [6.07, 6.45) is 3.05. The van der Waals surface area contributed by atoms with Gasteiger partial charge in [0.05, 0.1) is 19.9 Å². The van der Waals surface area contributed by atoms with Gasteiger partial charge in [-0.25, -0.2) is 0 Å². The van der Waals surface area contributed by atoms with Crippen LogP contribution in [0.2, 0.25) is 0 Å². The summed E-state index contributed by atoms with van der Waals surface area (Å²) in [6, 6.07) is 5.69. The Morgan fingerprint density at radius 3 is 2.65 bits per heavy atom. The normalized spacial score (nSPS) is 15.9. The lowest BCUT2D eigenvalue weighted by Gasteiger charge is -2.30. The van der Waals surface area contributed by atoms with Crippen molar-refractivity contribution < 1.29 is 9.47 Å². The van der Waals surface area contributed by atoms with Crippen molar-refractivity contribution in [1.29, 1.82) is 5.41 Å². The summed E-state index contributed by atoms with van der Waals surface area (Å²) >= 11 is 0. The second kappa shape index (κ2) is 5.08. The fourth-order valence-corrected chi connectivity index (χ4v) is 2.11. The highest BCUT2D eigenvalue weighted by Gasteiger charge is 2.20. The van der Waals surface area contributed by atoms with E-state index in [0.717, 1.165) is 43.0 Å². The molecule has 0 atom stereocenters. The van der Waals surface area contributed by atoms with E-state index in [0.29, 0.717) is 5.84 Å². The molecule has 0 spiro atoms. The summed E-state index contributed by atoms with van der Waals surface area (Å²) < 4.78 is 10.6. The van der Waals surface area contributed by atoms with Gasteiger partial charge in [-0.2, -0.15) is 0 Å². The standard InChI is InChI=1S/C13H18N2O2/c1-16-10-6-7-12(17-2)11(9-10)15-8-4-3-5-13(15)14/h6-7,9,14H,3-5,8H2,1-2H3. The SMILES string of the molecule is COc1ccc(OC)c(N2CCCCC2=N)c1. The minimum atomic E-state index is 0.655. The van der Waals surface area contributed by atoms with Crippen LogP contribution in [0.1, 0.15) is 19.3 Å². The fourth-order valence-electron chi connectivity index (χ4n) is 2.11. The molecule has 4 nitrogen and oxygen atoms in total. The zero-order valence-corrected chi connectivity index (χ0v) is 10.3. The van der Waals surface area contributed by atoms with E-state index in [2.05, 4.69) is 0 Å². The quantitative estimate of drug-likeness (QED) is 0.874. The van der Waals surface area contributed by atoms with Gasteiger partial charge < -0.3 is 14.4 Å². The summed E-state index contributed by atoms with van der Waals surface area (Å²) in [4.78, 5) is 2.00. The first-order valence-corrected chi connectivity index (χ1v) is 5.83. The Morgan fingerprint density at radius 2 is 2.00 bits per heavy atom. The Morgan fingerprint density at radius 1 is 1.18 bits per heavy atom. The van der Waals surface area contributed by atoms with E-state index in [1.807, 2.05) is 23.1 Å². The minimum Gasteiger partial charge on any atom is -0.497 e. The molecule has 1 aromatic rings. The van der Waals surface area contributed by atoms with Crippen molar-refractivity contribution in [2.45, 2.75) is 19.3 Å². The number of hydrogen-bond acceptors (Lipinski definition) is 3. The largest absolute Gasteiger partial charge is 0.497 e. The maximum Gasteiger partial charge on any atom is 0.142 e. The predicted octanol–water partition coefficient (Wildman–Crippen LogP) is 2.67. The molecule has 4 heteroatoms. The van der Waals surface area contributed by atoms with Crippen LogP contribution in [0.3, 0.4) is 0 Å². The molecule has 0 radical (unpaired) electrons. The van der Waals surface area contributed by atoms with Crippen LogP contribution in [0.4, 0.5) is 5.69 Å². The Balaban J connectivity index is 2.37. The summed E-state index contributed by atoms with van der Waals surface area (Å²) in [5.74, 6) is 2.24. The molecule has 0 saturated carbocycles. The van der Waals surface area contributed by atoms with Gasteiger partial charge in [0.1, 0.15) is 17.3 Å². The van der Waals surface area contributed by atoms with Gasteiger partial charge in [-0.3, -0.25) is 5.41 Å². The number of anilines is 1. The topological polar surface area (TPSA) is 45.6 Å². The third kappa shape index (κ3) is 2.35. The first kappa shape index (κ1) is 11.8. The molecule has 1 fully saturated rings. The number of benzene rings is 1. The maximum absolute atomic E-state index is 8.01. The van der Waals surface area contributed by atoms with Crippen LogP contribution >= 0.6 is 0 Å². The van der Waals surface area contributed by atoms with Crippen LogP contribution in [0.15, 0.2) is 18.2 Å². The lowest BCUT2D eigenvalue weighted by Crippen LogP contribution is -2.34. The van der Waals surface area contributed by atoms with Gasteiger partial charge in [-0.05, 0) is 25.0 Å². The van der Waals surface area contributed by atoms with Crippen LogP contribution in [0.25, 0.3) is 0 Å². The molecule has 1 aliphatic heterocycles. The van der Waals surface area contributed by atoms with Crippen LogP contribution in [0.5, 0.6) is 11.5 Å². The van der Waals surface area contributed by atoms with Gasteiger partial charge in [-0.1, -0.05) is 0 Å². The van der Waals surface area contributed by atoms with Gasteiger partial charge in [0.25, 0.3) is 0 Å². The molecule has 2 rings (SSSR count). The number of amidine groups is 1. The van der Waals surface area contributed by atoms with Crippen molar-refractivity contribution in [1.82, 2.24) is 0 Å². The molecular weight excluding hydrogens is 216 g/mol. The van der Waals surface area contributed by atoms with Gasteiger partial charge in [0, 0.05) is 19.0 Å². The van der Waals surface area contributed by atoms with Crippen molar-refractivity contribution in [2.24, 2.45) is 0 Å². The van der Waals surface area contributed by atoms with E-state index in [9.17, 15) is 0 Å². The highest BCUT2D eigenvalue weighted by molar-refractivity contribution is 5.97. The van der Waals surface area contributed by atoms with Crippen LogP contribution in [-0.2, 0) is 0 Å².